The van der Waals surface area contributed by atoms with Crippen LogP contribution in [0.5, 0.6) is 0 Å². The van der Waals surface area contributed by atoms with Crippen LogP contribution in [-0.4, -0.2) is 9.97 Å². The van der Waals surface area contributed by atoms with Crippen LogP contribution in [0.1, 0.15) is 31.0 Å². The van der Waals surface area contributed by atoms with Crippen molar-refractivity contribution in [2.24, 2.45) is 0 Å². The van der Waals surface area contributed by atoms with Crippen molar-refractivity contribution in [1.29, 1.82) is 0 Å². The summed E-state index contributed by atoms with van der Waals surface area (Å²) in [6.07, 6.45) is 3.10. The van der Waals surface area contributed by atoms with Gasteiger partial charge in [0.1, 0.15) is 0 Å². The Balaban J connectivity index is 3.06. The molecule has 0 spiro atoms. The molecule has 0 fully saturated rings. The molecule has 1 aromatic heterocycles. The average molecular weight is 198 g/mol. The molecule has 3 nitrogen and oxygen atoms in total. The number of aryl methyl sites for hydroxylation is 1. The molecule has 0 amide bonds. The summed E-state index contributed by atoms with van der Waals surface area (Å²) in [6, 6.07) is 0. The fourth-order valence-corrected chi connectivity index (χ4v) is 1.42. The number of hydrogen-bond donors (Lipinski definition) is 2. The Morgan fingerprint density at radius 1 is 1.38 bits per heavy atom. The first-order valence-electron chi connectivity index (χ1n) is 4.47. The van der Waals surface area contributed by atoms with Gasteiger partial charge in [-0.15, -0.1) is 0 Å². The predicted octanol–water partition coefficient (Wildman–Crippen LogP) is 2.08. The van der Waals surface area contributed by atoms with Gasteiger partial charge in [0.15, 0.2) is 4.77 Å². The van der Waals surface area contributed by atoms with E-state index in [-0.39, 0.29) is 5.56 Å². The van der Waals surface area contributed by atoms with Gasteiger partial charge >= 0.3 is 0 Å². The van der Waals surface area contributed by atoms with E-state index in [1.165, 1.54) is 0 Å². The number of unbranched alkanes of at least 4 members (excludes halogenated alkanes) is 1. The van der Waals surface area contributed by atoms with Crippen molar-refractivity contribution in [3.8, 4) is 0 Å². The lowest BCUT2D eigenvalue weighted by Gasteiger charge is -2.03. The van der Waals surface area contributed by atoms with Crippen LogP contribution in [-0.2, 0) is 6.42 Å². The zero-order valence-electron chi connectivity index (χ0n) is 7.94. The van der Waals surface area contributed by atoms with E-state index in [9.17, 15) is 4.79 Å². The number of H-pyrrole nitrogens is 2. The molecule has 72 valence electrons. The van der Waals surface area contributed by atoms with E-state index in [1.807, 2.05) is 6.92 Å². The summed E-state index contributed by atoms with van der Waals surface area (Å²) in [5.41, 5.74) is 1.65. The predicted molar refractivity (Wildman–Crippen MR) is 55.6 cm³/mol. The highest BCUT2D eigenvalue weighted by Crippen LogP contribution is 2.03. The van der Waals surface area contributed by atoms with E-state index in [2.05, 4.69) is 16.9 Å². The SMILES string of the molecule is CCCCc1[nH]c(=S)[nH]c(=O)c1C. The second-order valence-electron chi connectivity index (χ2n) is 3.12. The monoisotopic (exact) mass is 198 g/mol. The smallest absolute Gasteiger partial charge is 0.254 e. The van der Waals surface area contributed by atoms with Crippen LogP contribution in [0.4, 0.5) is 0 Å². The molecule has 0 radical (unpaired) electrons. The molecular weight excluding hydrogens is 184 g/mol. The van der Waals surface area contributed by atoms with Gasteiger partial charge in [0.2, 0.25) is 0 Å². The van der Waals surface area contributed by atoms with E-state index < -0.39 is 0 Å². The maximum Gasteiger partial charge on any atom is 0.254 e. The zero-order chi connectivity index (χ0) is 9.84. The molecule has 0 saturated heterocycles. The molecule has 0 aliphatic rings. The minimum atomic E-state index is -0.0742. The van der Waals surface area contributed by atoms with Gasteiger partial charge in [-0.2, -0.15) is 0 Å². The highest BCUT2D eigenvalue weighted by atomic mass is 32.1. The maximum atomic E-state index is 11.3. The minimum absolute atomic E-state index is 0.0742. The van der Waals surface area contributed by atoms with E-state index in [0.29, 0.717) is 4.77 Å². The molecule has 0 unspecified atom stereocenters. The molecule has 13 heavy (non-hydrogen) atoms. The summed E-state index contributed by atoms with van der Waals surface area (Å²) in [7, 11) is 0. The van der Waals surface area contributed by atoms with E-state index in [1.54, 1.807) is 0 Å². The molecule has 0 bridgehead atoms. The van der Waals surface area contributed by atoms with E-state index in [4.69, 9.17) is 12.2 Å². The van der Waals surface area contributed by atoms with Gasteiger partial charge in [0, 0.05) is 11.3 Å². The lowest BCUT2D eigenvalue weighted by atomic mass is 10.1. The molecule has 0 aliphatic heterocycles. The summed E-state index contributed by atoms with van der Waals surface area (Å²) >= 11 is 4.89. The molecule has 1 heterocycles. The molecule has 0 saturated carbocycles. The van der Waals surface area contributed by atoms with Gasteiger partial charge < -0.3 is 4.98 Å². The third kappa shape index (κ3) is 2.52. The largest absolute Gasteiger partial charge is 0.336 e. The molecule has 4 heteroatoms. The Hall–Kier alpha value is -0.900. The molecule has 1 aromatic rings. The van der Waals surface area contributed by atoms with Crippen molar-refractivity contribution in [2.75, 3.05) is 0 Å². The highest BCUT2D eigenvalue weighted by molar-refractivity contribution is 7.71. The Bertz CT molecular complexity index is 391. The molecule has 0 aromatic carbocycles. The van der Waals surface area contributed by atoms with E-state index >= 15 is 0 Å². The molecule has 1 rings (SSSR count). The molecule has 2 N–H and O–H groups in total. The Morgan fingerprint density at radius 2 is 2.08 bits per heavy atom. The fourth-order valence-electron chi connectivity index (χ4n) is 1.20. The zero-order valence-corrected chi connectivity index (χ0v) is 8.75. The van der Waals surface area contributed by atoms with Crippen molar-refractivity contribution in [3.63, 3.8) is 0 Å². The van der Waals surface area contributed by atoms with Crippen LogP contribution in [0.2, 0.25) is 0 Å². The summed E-state index contributed by atoms with van der Waals surface area (Å²) in [5, 5.41) is 0. The number of rotatable bonds is 3. The van der Waals surface area contributed by atoms with Crippen LogP contribution in [0.3, 0.4) is 0 Å². The summed E-state index contributed by atoms with van der Waals surface area (Å²) < 4.78 is 0.418. The lowest BCUT2D eigenvalue weighted by molar-refractivity contribution is 0.762. The molecule has 0 atom stereocenters. The Kier molecular flexibility index (Phi) is 3.42. The molecule has 0 aliphatic carbocycles. The van der Waals surface area contributed by atoms with Crippen LogP contribution in [0, 0.1) is 11.7 Å². The fraction of sp³-hybridized carbons (Fsp3) is 0.556. The van der Waals surface area contributed by atoms with Crippen molar-refractivity contribution >= 4 is 12.2 Å². The van der Waals surface area contributed by atoms with E-state index in [0.717, 1.165) is 30.5 Å². The highest BCUT2D eigenvalue weighted by Gasteiger charge is 2.01. The molecular formula is C9H14N2OS. The summed E-state index contributed by atoms with van der Waals surface area (Å²) in [4.78, 5) is 16.9. The van der Waals surface area contributed by atoms with Crippen molar-refractivity contribution in [3.05, 3.63) is 26.4 Å². The van der Waals surface area contributed by atoms with Crippen LogP contribution in [0.25, 0.3) is 0 Å². The topological polar surface area (TPSA) is 48.6 Å². The second-order valence-corrected chi connectivity index (χ2v) is 3.52. The number of aromatic amines is 2. The Morgan fingerprint density at radius 3 is 2.69 bits per heavy atom. The standard InChI is InChI=1S/C9H14N2OS/c1-3-4-5-7-6(2)8(12)11-9(13)10-7/h3-5H2,1-2H3,(H2,10,11,12,13). The van der Waals surface area contributed by atoms with Gasteiger partial charge in [-0.25, -0.2) is 0 Å². The van der Waals surface area contributed by atoms with Crippen LogP contribution >= 0.6 is 12.2 Å². The van der Waals surface area contributed by atoms with Gasteiger partial charge in [0.25, 0.3) is 5.56 Å². The number of aromatic nitrogens is 2. The normalized spacial score (nSPS) is 10.3. The first-order valence-corrected chi connectivity index (χ1v) is 4.88. The van der Waals surface area contributed by atoms with Crippen LogP contribution in [0.15, 0.2) is 4.79 Å². The van der Waals surface area contributed by atoms with Crippen molar-refractivity contribution < 1.29 is 0 Å². The quantitative estimate of drug-likeness (QED) is 0.730. The van der Waals surface area contributed by atoms with Crippen molar-refractivity contribution in [2.45, 2.75) is 33.1 Å². The first-order chi connectivity index (χ1) is 6.15. The summed E-state index contributed by atoms with van der Waals surface area (Å²) in [6.45, 7) is 3.94. The maximum absolute atomic E-state index is 11.3. The summed E-state index contributed by atoms with van der Waals surface area (Å²) in [5.74, 6) is 0. The second kappa shape index (κ2) is 4.37. The third-order valence-electron chi connectivity index (χ3n) is 2.07. The van der Waals surface area contributed by atoms with Gasteiger partial charge in [-0.05, 0) is 32.0 Å². The van der Waals surface area contributed by atoms with Crippen LogP contribution < -0.4 is 5.56 Å². The minimum Gasteiger partial charge on any atom is -0.336 e. The van der Waals surface area contributed by atoms with Gasteiger partial charge in [-0.3, -0.25) is 9.78 Å². The van der Waals surface area contributed by atoms with Crippen molar-refractivity contribution in [1.82, 2.24) is 9.97 Å². The number of nitrogens with one attached hydrogen (secondary N) is 2. The van der Waals surface area contributed by atoms with Gasteiger partial charge in [-0.1, -0.05) is 13.3 Å². The number of hydrogen-bond acceptors (Lipinski definition) is 2. The third-order valence-corrected chi connectivity index (χ3v) is 2.27. The lowest BCUT2D eigenvalue weighted by Crippen LogP contribution is -2.14. The van der Waals surface area contributed by atoms with Gasteiger partial charge in [0.05, 0.1) is 0 Å². The average Bonchev–Trinajstić information content (AvgIpc) is 2.09. The Labute approximate surface area is 82.2 Å². The first kappa shape index (κ1) is 10.2.